The van der Waals surface area contributed by atoms with Crippen LogP contribution in [0.15, 0.2) is 24.3 Å². The molecule has 8 heteroatoms. The molecule has 1 aromatic rings. The van der Waals surface area contributed by atoms with Crippen molar-refractivity contribution in [3.05, 3.63) is 29.8 Å². The number of hydrogen-bond acceptors (Lipinski definition) is 4. The number of rotatable bonds is 6. The number of nitrogens with one attached hydrogen (secondary N) is 2. The molecule has 2 aliphatic rings. The molecule has 144 valence electrons. The highest BCUT2D eigenvalue weighted by Crippen LogP contribution is 2.30. The Labute approximate surface area is 156 Å². The highest BCUT2D eigenvalue weighted by molar-refractivity contribution is 5.99. The van der Waals surface area contributed by atoms with Gasteiger partial charge >= 0.3 is 5.97 Å². The third-order valence-electron chi connectivity index (χ3n) is 5.11. The Morgan fingerprint density at radius 3 is 2.41 bits per heavy atom. The van der Waals surface area contributed by atoms with E-state index in [1.165, 1.54) is 12.1 Å². The monoisotopic (exact) mass is 373 g/mol. The Hall–Kier alpha value is -2.90. The fraction of sp³-hybridized carbons (Fsp3) is 0.474. The van der Waals surface area contributed by atoms with Crippen molar-refractivity contribution in [1.29, 1.82) is 0 Å². The number of amides is 3. The Morgan fingerprint density at radius 2 is 1.78 bits per heavy atom. The molecule has 1 aliphatic heterocycles. The van der Waals surface area contributed by atoms with Gasteiger partial charge in [-0.3, -0.25) is 19.2 Å². The molecule has 0 bridgehead atoms. The highest BCUT2D eigenvalue weighted by Gasteiger charge is 2.38. The predicted molar refractivity (Wildman–Crippen MR) is 97.1 cm³/mol. The summed E-state index contributed by atoms with van der Waals surface area (Å²) in [5.74, 6) is -2.13. The lowest BCUT2D eigenvalue weighted by Gasteiger charge is -2.23. The summed E-state index contributed by atoms with van der Waals surface area (Å²) in [4.78, 5) is 48.8. The molecule has 3 N–H and O–H groups in total. The molecule has 3 amide bonds. The smallest absolute Gasteiger partial charge is 0.322 e. The molecule has 1 saturated carbocycles. The second-order valence-electron chi connectivity index (χ2n) is 7.03. The summed E-state index contributed by atoms with van der Waals surface area (Å²) in [7, 11) is 0. The normalized spacial score (nSPS) is 19.9. The standard InChI is InChI=1S/C19H23N3O5/c23-16-9-13(11-22(16)15-3-1-2-4-15)19(27)21-14-7-5-12(6-8-14)18(26)20-10-17(24)25/h5-8,13,15H,1-4,9-11H2,(H,20,26)(H,21,27)(H,24,25). The van der Waals surface area contributed by atoms with Crippen LogP contribution in [-0.4, -0.2) is 52.8 Å². The lowest BCUT2D eigenvalue weighted by Crippen LogP contribution is -2.35. The summed E-state index contributed by atoms with van der Waals surface area (Å²) in [5, 5.41) is 13.6. The SMILES string of the molecule is O=C(O)CNC(=O)c1ccc(NC(=O)C2CC(=O)N(C3CCCC3)C2)cc1. The highest BCUT2D eigenvalue weighted by atomic mass is 16.4. The third-order valence-corrected chi connectivity index (χ3v) is 5.11. The van der Waals surface area contributed by atoms with Crippen LogP contribution in [0.3, 0.4) is 0 Å². The predicted octanol–water partition coefficient (Wildman–Crippen LogP) is 1.23. The molecule has 1 unspecified atom stereocenters. The molecule has 1 aliphatic carbocycles. The van der Waals surface area contributed by atoms with E-state index in [1.807, 2.05) is 4.90 Å². The van der Waals surface area contributed by atoms with Crippen LogP contribution in [0.1, 0.15) is 42.5 Å². The number of nitrogens with zero attached hydrogens (tertiary/aromatic N) is 1. The summed E-state index contributed by atoms with van der Waals surface area (Å²) in [6, 6.07) is 6.46. The first-order valence-electron chi connectivity index (χ1n) is 9.14. The van der Waals surface area contributed by atoms with Gasteiger partial charge in [0.15, 0.2) is 0 Å². The minimum Gasteiger partial charge on any atom is -0.480 e. The van der Waals surface area contributed by atoms with Crippen molar-refractivity contribution < 1.29 is 24.3 Å². The van der Waals surface area contributed by atoms with Gasteiger partial charge in [0.25, 0.3) is 5.91 Å². The Bertz CT molecular complexity index is 740. The van der Waals surface area contributed by atoms with Crippen LogP contribution >= 0.6 is 0 Å². The maximum atomic E-state index is 12.5. The minimum absolute atomic E-state index is 0.0486. The number of carboxylic acid groups (broad SMARTS) is 1. The van der Waals surface area contributed by atoms with E-state index in [-0.39, 0.29) is 30.2 Å². The quantitative estimate of drug-likeness (QED) is 0.694. The van der Waals surface area contributed by atoms with E-state index in [1.54, 1.807) is 12.1 Å². The van der Waals surface area contributed by atoms with Crippen LogP contribution < -0.4 is 10.6 Å². The number of benzene rings is 1. The topological polar surface area (TPSA) is 116 Å². The molecule has 1 saturated heterocycles. The van der Waals surface area contributed by atoms with Crippen molar-refractivity contribution in [2.24, 2.45) is 5.92 Å². The number of carboxylic acids is 1. The molecule has 1 heterocycles. The third kappa shape index (κ3) is 4.64. The molecule has 27 heavy (non-hydrogen) atoms. The van der Waals surface area contributed by atoms with Gasteiger partial charge < -0.3 is 20.6 Å². The summed E-state index contributed by atoms with van der Waals surface area (Å²) in [5.41, 5.74) is 0.833. The van der Waals surface area contributed by atoms with Crippen LogP contribution in [0, 0.1) is 5.92 Å². The fourth-order valence-corrected chi connectivity index (χ4v) is 3.68. The Balaban J connectivity index is 1.54. The average Bonchev–Trinajstić information content (AvgIpc) is 3.29. The maximum absolute atomic E-state index is 12.5. The van der Waals surface area contributed by atoms with E-state index in [0.717, 1.165) is 25.7 Å². The summed E-state index contributed by atoms with van der Waals surface area (Å²) in [6.07, 6.45) is 4.55. The number of hydrogen-bond donors (Lipinski definition) is 3. The number of carbonyl (C=O) groups is 4. The lowest BCUT2D eigenvalue weighted by atomic mass is 10.1. The second-order valence-corrected chi connectivity index (χ2v) is 7.03. The van der Waals surface area contributed by atoms with Gasteiger partial charge in [-0.15, -0.1) is 0 Å². The van der Waals surface area contributed by atoms with E-state index in [9.17, 15) is 19.2 Å². The molecule has 1 atom stereocenters. The van der Waals surface area contributed by atoms with Crippen LogP contribution in [-0.2, 0) is 14.4 Å². The van der Waals surface area contributed by atoms with Crippen molar-refractivity contribution in [2.75, 3.05) is 18.4 Å². The molecule has 0 spiro atoms. The molecule has 3 rings (SSSR count). The van der Waals surface area contributed by atoms with Crippen LogP contribution in [0.4, 0.5) is 5.69 Å². The first-order chi connectivity index (χ1) is 12.9. The lowest BCUT2D eigenvalue weighted by molar-refractivity contribution is -0.135. The van der Waals surface area contributed by atoms with Crippen molar-refractivity contribution in [2.45, 2.75) is 38.1 Å². The first kappa shape index (κ1) is 18.9. The molecule has 8 nitrogen and oxygen atoms in total. The molecular formula is C19H23N3O5. The Morgan fingerprint density at radius 1 is 1.11 bits per heavy atom. The van der Waals surface area contributed by atoms with Crippen LogP contribution in [0.5, 0.6) is 0 Å². The van der Waals surface area contributed by atoms with Crippen molar-refractivity contribution in [3.63, 3.8) is 0 Å². The van der Waals surface area contributed by atoms with E-state index < -0.39 is 18.4 Å². The number of likely N-dealkylation sites (tertiary alicyclic amines) is 1. The van der Waals surface area contributed by atoms with Gasteiger partial charge in [-0.25, -0.2) is 0 Å². The van der Waals surface area contributed by atoms with Gasteiger partial charge in [0, 0.05) is 30.3 Å². The zero-order valence-electron chi connectivity index (χ0n) is 14.9. The van der Waals surface area contributed by atoms with Gasteiger partial charge in [0.05, 0.1) is 5.92 Å². The van der Waals surface area contributed by atoms with Gasteiger partial charge in [0.1, 0.15) is 6.54 Å². The molecule has 1 aromatic carbocycles. The van der Waals surface area contributed by atoms with E-state index in [0.29, 0.717) is 17.8 Å². The van der Waals surface area contributed by atoms with Gasteiger partial charge in [-0.2, -0.15) is 0 Å². The summed E-state index contributed by atoms with van der Waals surface area (Å²) < 4.78 is 0. The fourth-order valence-electron chi connectivity index (χ4n) is 3.68. The first-order valence-corrected chi connectivity index (χ1v) is 9.14. The second kappa shape index (κ2) is 8.20. The van der Waals surface area contributed by atoms with Crippen LogP contribution in [0.25, 0.3) is 0 Å². The van der Waals surface area contributed by atoms with Gasteiger partial charge in [-0.05, 0) is 37.1 Å². The molecule has 2 fully saturated rings. The van der Waals surface area contributed by atoms with Gasteiger partial charge in [0.2, 0.25) is 11.8 Å². The van der Waals surface area contributed by atoms with E-state index in [2.05, 4.69) is 10.6 Å². The molecular weight excluding hydrogens is 350 g/mol. The number of aliphatic carboxylic acids is 1. The van der Waals surface area contributed by atoms with Crippen molar-refractivity contribution in [3.8, 4) is 0 Å². The zero-order chi connectivity index (χ0) is 19.4. The minimum atomic E-state index is -1.12. The molecule has 0 aromatic heterocycles. The van der Waals surface area contributed by atoms with Crippen molar-refractivity contribution >= 4 is 29.4 Å². The van der Waals surface area contributed by atoms with E-state index in [4.69, 9.17) is 5.11 Å². The van der Waals surface area contributed by atoms with Gasteiger partial charge in [-0.1, -0.05) is 12.8 Å². The zero-order valence-corrected chi connectivity index (χ0v) is 14.9. The van der Waals surface area contributed by atoms with E-state index >= 15 is 0 Å². The Kier molecular flexibility index (Phi) is 5.73. The van der Waals surface area contributed by atoms with Crippen LogP contribution in [0.2, 0.25) is 0 Å². The number of carbonyl (C=O) groups excluding carboxylic acids is 3. The largest absolute Gasteiger partial charge is 0.480 e. The summed E-state index contributed by atoms with van der Waals surface area (Å²) >= 11 is 0. The molecule has 0 radical (unpaired) electrons. The maximum Gasteiger partial charge on any atom is 0.322 e. The average molecular weight is 373 g/mol. The summed E-state index contributed by atoms with van der Waals surface area (Å²) in [6.45, 7) is 0.00946. The van der Waals surface area contributed by atoms with Crippen molar-refractivity contribution in [1.82, 2.24) is 10.2 Å². The number of anilines is 1.